The normalized spacial score (nSPS) is 11.8. The third kappa shape index (κ3) is 5.41. The van der Waals surface area contributed by atoms with Crippen LogP contribution in [0.3, 0.4) is 0 Å². The van der Waals surface area contributed by atoms with Crippen LogP contribution in [0.25, 0.3) is 0 Å². The zero-order chi connectivity index (χ0) is 11.1. The predicted molar refractivity (Wildman–Crippen MR) is 50.3 cm³/mol. The van der Waals surface area contributed by atoms with E-state index in [4.69, 9.17) is 10.2 Å². The number of rotatable bonds is 6. The fraction of sp³-hybridized carbons (Fsp3) is 0.571. The predicted octanol–water partition coefficient (Wildman–Crippen LogP) is -0.650. The molecule has 1 atom stereocenters. The first-order valence-electron chi connectivity index (χ1n) is 3.82. The van der Waals surface area contributed by atoms with Crippen molar-refractivity contribution in [1.82, 2.24) is 5.32 Å². The molecule has 0 aromatic heterocycles. The van der Waals surface area contributed by atoms with Crippen LogP contribution in [-0.4, -0.2) is 39.9 Å². The van der Waals surface area contributed by atoms with Crippen LogP contribution in [0.4, 0.5) is 0 Å². The monoisotopic (exact) mass is 221 g/mol. The largest absolute Gasteiger partial charge is 0.481 e. The molecule has 0 unspecified atom stereocenters. The van der Waals surface area contributed by atoms with Gasteiger partial charge in [0, 0.05) is 6.42 Å². The average Bonchev–Trinajstić information content (AvgIpc) is 2.02. The van der Waals surface area contributed by atoms with E-state index in [2.05, 4.69) is 17.9 Å². The number of carbonyl (C=O) groups is 3. The Kier molecular flexibility index (Phi) is 5.70. The highest BCUT2D eigenvalue weighted by atomic mass is 32.1. The van der Waals surface area contributed by atoms with E-state index in [0.29, 0.717) is 0 Å². The highest BCUT2D eigenvalue weighted by molar-refractivity contribution is 7.80. The number of aliphatic carboxylic acids is 2. The summed E-state index contributed by atoms with van der Waals surface area (Å²) in [4.78, 5) is 31.6. The Morgan fingerprint density at radius 3 is 2.21 bits per heavy atom. The number of nitrogens with one attached hydrogen (secondary N) is 1. The molecule has 0 rings (SSSR count). The average molecular weight is 221 g/mol. The molecular weight excluding hydrogens is 210 g/mol. The zero-order valence-electron chi connectivity index (χ0n) is 7.27. The Labute approximate surface area is 85.7 Å². The van der Waals surface area contributed by atoms with Gasteiger partial charge in [-0.25, -0.2) is 4.79 Å². The number of carboxylic acids is 2. The van der Waals surface area contributed by atoms with Gasteiger partial charge in [-0.1, -0.05) is 0 Å². The smallest absolute Gasteiger partial charge is 0.326 e. The van der Waals surface area contributed by atoms with Crippen LogP contribution in [-0.2, 0) is 14.4 Å². The fourth-order valence-corrected chi connectivity index (χ4v) is 0.946. The van der Waals surface area contributed by atoms with Gasteiger partial charge in [-0.3, -0.25) is 9.59 Å². The molecule has 0 saturated heterocycles. The molecule has 0 fully saturated rings. The molecule has 0 aliphatic rings. The van der Waals surface area contributed by atoms with E-state index in [9.17, 15) is 14.4 Å². The maximum atomic E-state index is 10.9. The lowest BCUT2D eigenvalue weighted by molar-refractivity contribution is -0.147. The molecule has 0 aliphatic carbocycles. The van der Waals surface area contributed by atoms with E-state index in [0.717, 1.165) is 0 Å². The molecule has 0 aromatic carbocycles. The molecule has 0 heterocycles. The summed E-state index contributed by atoms with van der Waals surface area (Å²) < 4.78 is 0. The molecule has 0 bridgehead atoms. The Morgan fingerprint density at radius 2 is 1.86 bits per heavy atom. The van der Waals surface area contributed by atoms with Gasteiger partial charge in [-0.05, 0) is 5.75 Å². The van der Waals surface area contributed by atoms with Crippen LogP contribution in [0.15, 0.2) is 0 Å². The molecule has 0 spiro atoms. The number of amides is 1. The lowest BCUT2D eigenvalue weighted by atomic mass is 10.2. The molecule has 14 heavy (non-hydrogen) atoms. The number of carboxylic acid groups (broad SMARTS) is 2. The van der Waals surface area contributed by atoms with Gasteiger partial charge in [0.15, 0.2) is 0 Å². The van der Waals surface area contributed by atoms with Gasteiger partial charge < -0.3 is 15.5 Å². The van der Waals surface area contributed by atoms with Crippen molar-refractivity contribution in [2.75, 3.05) is 5.75 Å². The first-order valence-corrected chi connectivity index (χ1v) is 4.45. The van der Waals surface area contributed by atoms with Crippen LogP contribution >= 0.6 is 12.6 Å². The molecule has 1 amide bonds. The van der Waals surface area contributed by atoms with Crippen molar-refractivity contribution in [2.45, 2.75) is 18.9 Å². The first kappa shape index (κ1) is 12.8. The second-order valence-electron chi connectivity index (χ2n) is 2.53. The van der Waals surface area contributed by atoms with Crippen molar-refractivity contribution in [3.63, 3.8) is 0 Å². The Morgan fingerprint density at radius 1 is 1.29 bits per heavy atom. The van der Waals surface area contributed by atoms with Gasteiger partial charge in [0.2, 0.25) is 5.91 Å². The highest BCUT2D eigenvalue weighted by Gasteiger charge is 2.22. The zero-order valence-corrected chi connectivity index (χ0v) is 8.16. The van der Waals surface area contributed by atoms with E-state index in [1.54, 1.807) is 0 Å². The molecule has 7 heteroatoms. The van der Waals surface area contributed by atoms with E-state index >= 15 is 0 Å². The van der Waals surface area contributed by atoms with Crippen LogP contribution in [0, 0.1) is 0 Å². The van der Waals surface area contributed by atoms with Crippen molar-refractivity contribution in [3.8, 4) is 0 Å². The van der Waals surface area contributed by atoms with Crippen LogP contribution < -0.4 is 5.32 Å². The Balaban J connectivity index is 4.16. The Bertz CT molecular complexity index is 242. The minimum atomic E-state index is -1.38. The molecule has 0 saturated carbocycles. The van der Waals surface area contributed by atoms with E-state index < -0.39 is 30.3 Å². The molecule has 80 valence electrons. The van der Waals surface area contributed by atoms with E-state index in [1.165, 1.54) is 0 Å². The van der Waals surface area contributed by atoms with Crippen molar-refractivity contribution in [3.05, 3.63) is 0 Å². The summed E-state index contributed by atoms with van der Waals surface area (Å²) >= 11 is 3.78. The van der Waals surface area contributed by atoms with Crippen molar-refractivity contribution in [1.29, 1.82) is 0 Å². The minimum Gasteiger partial charge on any atom is -0.481 e. The third-order valence-corrected chi connectivity index (χ3v) is 1.57. The molecule has 3 N–H and O–H groups in total. The third-order valence-electron chi connectivity index (χ3n) is 1.35. The van der Waals surface area contributed by atoms with Gasteiger partial charge in [-0.2, -0.15) is 12.6 Å². The molecule has 0 radical (unpaired) electrons. The quantitative estimate of drug-likeness (QED) is 0.446. The maximum Gasteiger partial charge on any atom is 0.326 e. The highest BCUT2D eigenvalue weighted by Crippen LogP contribution is 1.94. The minimum absolute atomic E-state index is 0.0620. The lowest BCUT2D eigenvalue weighted by Gasteiger charge is -2.11. The molecule has 6 nitrogen and oxygen atoms in total. The number of thiol groups is 1. The standard InChI is InChI=1S/C7H11NO5S/c9-5(1-2-14)8-4(7(12)13)3-6(10)11/h4,14H,1-3H2,(H,8,9)(H,10,11)(H,12,13)/t4-/m0/s1. The van der Waals surface area contributed by atoms with Gasteiger partial charge in [0.25, 0.3) is 0 Å². The summed E-state index contributed by atoms with van der Waals surface area (Å²) in [5.74, 6) is -2.87. The number of hydrogen-bond acceptors (Lipinski definition) is 4. The van der Waals surface area contributed by atoms with Crippen molar-refractivity contribution < 1.29 is 24.6 Å². The lowest BCUT2D eigenvalue weighted by Crippen LogP contribution is -2.42. The summed E-state index contributed by atoms with van der Waals surface area (Å²) in [5, 5.41) is 19.0. The Hall–Kier alpha value is -1.24. The fourth-order valence-electron chi connectivity index (χ4n) is 0.743. The summed E-state index contributed by atoms with van der Waals surface area (Å²) in [5.41, 5.74) is 0. The van der Waals surface area contributed by atoms with Crippen LogP contribution in [0.5, 0.6) is 0 Å². The summed E-state index contributed by atoms with van der Waals surface area (Å²) in [6.07, 6.45) is -0.569. The van der Waals surface area contributed by atoms with Crippen molar-refractivity contribution in [2.24, 2.45) is 0 Å². The second-order valence-corrected chi connectivity index (χ2v) is 2.98. The van der Waals surface area contributed by atoms with Crippen LogP contribution in [0.2, 0.25) is 0 Å². The van der Waals surface area contributed by atoms with E-state index in [-0.39, 0.29) is 12.2 Å². The van der Waals surface area contributed by atoms with Gasteiger partial charge in [-0.15, -0.1) is 0 Å². The topological polar surface area (TPSA) is 104 Å². The second kappa shape index (κ2) is 6.25. The van der Waals surface area contributed by atoms with E-state index in [1.807, 2.05) is 0 Å². The first-order chi connectivity index (χ1) is 6.47. The summed E-state index contributed by atoms with van der Waals surface area (Å²) in [7, 11) is 0. The number of hydrogen-bond donors (Lipinski definition) is 4. The summed E-state index contributed by atoms with van der Waals surface area (Å²) in [6, 6.07) is -1.38. The summed E-state index contributed by atoms with van der Waals surface area (Å²) in [6.45, 7) is 0. The van der Waals surface area contributed by atoms with Gasteiger partial charge in [0.1, 0.15) is 6.04 Å². The van der Waals surface area contributed by atoms with Gasteiger partial charge in [0.05, 0.1) is 6.42 Å². The molecule has 0 aliphatic heterocycles. The molecule has 0 aromatic rings. The maximum absolute atomic E-state index is 10.9. The van der Waals surface area contributed by atoms with Crippen molar-refractivity contribution >= 4 is 30.5 Å². The van der Waals surface area contributed by atoms with Gasteiger partial charge >= 0.3 is 11.9 Å². The SMILES string of the molecule is O=C(O)C[C@H](NC(=O)CCS)C(=O)O. The molecular formula is C7H11NO5S. The number of carbonyl (C=O) groups excluding carboxylic acids is 1. The van der Waals surface area contributed by atoms with Crippen LogP contribution in [0.1, 0.15) is 12.8 Å².